The third kappa shape index (κ3) is 2.77. The van der Waals surface area contributed by atoms with E-state index in [1.807, 2.05) is 0 Å². The molecule has 0 bridgehead atoms. The summed E-state index contributed by atoms with van der Waals surface area (Å²) in [4.78, 5) is 24.3. The molecule has 0 aromatic heterocycles. The van der Waals surface area contributed by atoms with Gasteiger partial charge in [-0.15, -0.1) is 0 Å². The maximum atomic E-state index is 11.8. The van der Waals surface area contributed by atoms with E-state index < -0.39 is 5.97 Å². The van der Waals surface area contributed by atoms with Crippen molar-refractivity contribution in [2.24, 2.45) is 11.8 Å². The largest absolute Gasteiger partial charge is 0.481 e. The molecular formula is C12H19NO4. The van der Waals surface area contributed by atoms with Gasteiger partial charge in [-0.1, -0.05) is 6.92 Å². The Kier molecular flexibility index (Phi) is 3.66. The van der Waals surface area contributed by atoms with Gasteiger partial charge in [0, 0.05) is 25.6 Å². The molecule has 2 rings (SSSR count). The summed E-state index contributed by atoms with van der Waals surface area (Å²) in [6, 6.07) is 0. The molecule has 2 aliphatic rings. The summed E-state index contributed by atoms with van der Waals surface area (Å²) < 4.78 is 5.41. The average Bonchev–Trinajstić information content (AvgIpc) is 2.67. The molecule has 2 heterocycles. The highest BCUT2D eigenvalue weighted by Gasteiger charge is 2.37. The molecule has 0 radical (unpaired) electrons. The van der Waals surface area contributed by atoms with Crippen LogP contribution in [0.2, 0.25) is 0 Å². The number of ether oxygens (including phenoxy) is 1. The quantitative estimate of drug-likeness (QED) is 0.788. The Morgan fingerprint density at radius 3 is 2.71 bits per heavy atom. The van der Waals surface area contributed by atoms with E-state index in [1.165, 1.54) is 0 Å². The molecule has 0 aliphatic carbocycles. The fourth-order valence-electron chi connectivity index (χ4n) is 2.36. The number of hydrogen-bond donors (Lipinski definition) is 1. The van der Waals surface area contributed by atoms with Crippen molar-refractivity contribution < 1.29 is 19.4 Å². The zero-order chi connectivity index (χ0) is 12.4. The van der Waals surface area contributed by atoms with Gasteiger partial charge in [-0.3, -0.25) is 9.59 Å². The molecule has 0 saturated carbocycles. The van der Waals surface area contributed by atoms with Crippen LogP contribution in [0.4, 0.5) is 0 Å². The maximum Gasteiger partial charge on any atom is 0.306 e. The SMILES string of the molecule is CC(C(=O)O)C1CN(C(=O)CC2CCCO2)C1. The van der Waals surface area contributed by atoms with Crippen LogP contribution in [0.25, 0.3) is 0 Å². The Bertz CT molecular complexity index is 306. The second-order valence-electron chi connectivity index (χ2n) is 5.02. The Morgan fingerprint density at radius 2 is 2.18 bits per heavy atom. The molecule has 5 heteroatoms. The first-order chi connectivity index (χ1) is 8.08. The summed E-state index contributed by atoms with van der Waals surface area (Å²) >= 11 is 0. The van der Waals surface area contributed by atoms with E-state index >= 15 is 0 Å². The van der Waals surface area contributed by atoms with Crippen molar-refractivity contribution in [1.29, 1.82) is 0 Å². The molecule has 2 fully saturated rings. The monoisotopic (exact) mass is 241 g/mol. The molecule has 2 unspecified atom stereocenters. The van der Waals surface area contributed by atoms with Crippen LogP contribution in [0.3, 0.4) is 0 Å². The molecule has 2 atom stereocenters. The summed E-state index contributed by atoms with van der Waals surface area (Å²) in [5, 5.41) is 8.85. The van der Waals surface area contributed by atoms with E-state index in [-0.39, 0.29) is 23.8 Å². The molecular weight excluding hydrogens is 222 g/mol. The van der Waals surface area contributed by atoms with E-state index in [9.17, 15) is 9.59 Å². The van der Waals surface area contributed by atoms with E-state index in [1.54, 1.807) is 11.8 Å². The third-order valence-electron chi connectivity index (χ3n) is 3.79. The molecule has 5 nitrogen and oxygen atoms in total. The van der Waals surface area contributed by atoms with Crippen LogP contribution in [-0.4, -0.2) is 47.7 Å². The smallest absolute Gasteiger partial charge is 0.306 e. The van der Waals surface area contributed by atoms with Crippen molar-refractivity contribution in [3.05, 3.63) is 0 Å². The molecule has 0 aromatic carbocycles. The van der Waals surface area contributed by atoms with Crippen LogP contribution >= 0.6 is 0 Å². The van der Waals surface area contributed by atoms with Crippen LogP contribution in [0.1, 0.15) is 26.2 Å². The molecule has 17 heavy (non-hydrogen) atoms. The van der Waals surface area contributed by atoms with E-state index in [4.69, 9.17) is 9.84 Å². The minimum atomic E-state index is -0.777. The van der Waals surface area contributed by atoms with Gasteiger partial charge in [0.15, 0.2) is 0 Å². The van der Waals surface area contributed by atoms with Crippen molar-refractivity contribution in [2.75, 3.05) is 19.7 Å². The molecule has 0 spiro atoms. The molecule has 2 aliphatic heterocycles. The summed E-state index contributed by atoms with van der Waals surface area (Å²) in [5.41, 5.74) is 0. The molecule has 96 valence electrons. The fourth-order valence-corrected chi connectivity index (χ4v) is 2.36. The fraction of sp³-hybridized carbons (Fsp3) is 0.833. The zero-order valence-electron chi connectivity index (χ0n) is 10.1. The van der Waals surface area contributed by atoms with Gasteiger partial charge in [0.2, 0.25) is 5.91 Å². The molecule has 2 saturated heterocycles. The van der Waals surface area contributed by atoms with E-state index in [0.717, 1.165) is 19.4 Å². The summed E-state index contributed by atoms with van der Waals surface area (Å²) in [6.45, 7) is 3.63. The van der Waals surface area contributed by atoms with Gasteiger partial charge in [0.05, 0.1) is 18.4 Å². The van der Waals surface area contributed by atoms with Crippen molar-refractivity contribution in [2.45, 2.75) is 32.3 Å². The summed E-state index contributed by atoms with van der Waals surface area (Å²) in [5.74, 6) is -0.922. The van der Waals surface area contributed by atoms with E-state index in [0.29, 0.717) is 19.5 Å². The van der Waals surface area contributed by atoms with Crippen LogP contribution in [0.15, 0.2) is 0 Å². The number of carbonyl (C=O) groups excluding carboxylic acids is 1. The second-order valence-corrected chi connectivity index (χ2v) is 5.02. The second kappa shape index (κ2) is 5.04. The zero-order valence-corrected chi connectivity index (χ0v) is 10.1. The number of nitrogens with zero attached hydrogens (tertiary/aromatic N) is 1. The highest BCUT2D eigenvalue weighted by molar-refractivity contribution is 5.78. The van der Waals surface area contributed by atoms with Crippen LogP contribution in [0.5, 0.6) is 0 Å². The van der Waals surface area contributed by atoms with Crippen molar-refractivity contribution in [3.63, 3.8) is 0 Å². The topological polar surface area (TPSA) is 66.8 Å². The molecule has 1 N–H and O–H groups in total. The number of aliphatic carboxylic acids is 1. The minimum absolute atomic E-state index is 0.0819. The Morgan fingerprint density at radius 1 is 1.47 bits per heavy atom. The van der Waals surface area contributed by atoms with Crippen molar-refractivity contribution >= 4 is 11.9 Å². The predicted molar refractivity (Wildman–Crippen MR) is 60.5 cm³/mol. The van der Waals surface area contributed by atoms with Crippen LogP contribution in [-0.2, 0) is 14.3 Å². The normalized spacial score (nSPS) is 26.6. The van der Waals surface area contributed by atoms with Crippen molar-refractivity contribution in [3.8, 4) is 0 Å². The number of carboxylic acid groups (broad SMARTS) is 1. The third-order valence-corrected chi connectivity index (χ3v) is 3.79. The van der Waals surface area contributed by atoms with Crippen LogP contribution in [0, 0.1) is 11.8 Å². The maximum absolute atomic E-state index is 11.8. The Balaban J connectivity index is 1.71. The van der Waals surface area contributed by atoms with Gasteiger partial charge in [-0.05, 0) is 12.8 Å². The lowest BCUT2D eigenvalue weighted by Gasteiger charge is -2.41. The lowest BCUT2D eigenvalue weighted by atomic mass is 9.87. The van der Waals surface area contributed by atoms with Gasteiger partial charge >= 0.3 is 5.97 Å². The first kappa shape index (κ1) is 12.4. The lowest BCUT2D eigenvalue weighted by Crippen LogP contribution is -2.54. The number of rotatable bonds is 4. The summed E-state index contributed by atoms with van der Waals surface area (Å²) in [6.07, 6.45) is 2.54. The van der Waals surface area contributed by atoms with Gasteiger partial charge < -0.3 is 14.7 Å². The number of likely N-dealkylation sites (tertiary alicyclic amines) is 1. The molecule has 0 aromatic rings. The summed E-state index contributed by atoms with van der Waals surface area (Å²) in [7, 11) is 0. The highest BCUT2D eigenvalue weighted by Crippen LogP contribution is 2.26. The van der Waals surface area contributed by atoms with Gasteiger partial charge in [0.1, 0.15) is 0 Å². The first-order valence-electron chi connectivity index (χ1n) is 6.20. The lowest BCUT2D eigenvalue weighted by molar-refractivity contribution is -0.151. The van der Waals surface area contributed by atoms with E-state index in [2.05, 4.69) is 0 Å². The van der Waals surface area contributed by atoms with Gasteiger partial charge in [-0.2, -0.15) is 0 Å². The predicted octanol–water partition coefficient (Wildman–Crippen LogP) is 0.735. The number of carbonyl (C=O) groups is 2. The standard InChI is InChI=1S/C12H19NO4/c1-8(12(15)16)9-6-13(7-9)11(14)5-10-3-2-4-17-10/h8-10H,2-7H2,1H3,(H,15,16). The average molecular weight is 241 g/mol. The number of carboxylic acids is 1. The van der Waals surface area contributed by atoms with Gasteiger partial charge in [-0.25, -0.2) is 0 Å². The number of amides is 1. The first-order valence-corrected chi connectivity index (χ1v) is 6.20. The number of hydrogen-bond acceptors (Lipinski definition) is 3. The molecule has 1 amide bonds. The van der Waals surface area contributed by atoms with Crippen LogP contribution < -0.4 is 0 Å². The minimum Gasteiger partial charge on any atom is -0.481 e. The van der Waals surface area contributed by atoms with Gasteiger partial charge in [0.25, 0.3) is 0 Å². The Labute approximate surface area is 101 Å². The Hall–Kier alpha value is -1.10. The van der Waals surface area contributed by atoms with Crippen molar-refractivity contribution in [1.82, 2.24) is 4.90 Å². The highest BCUT2D eigenvalue weighted by atomic mass is 16.5.